The number of nitrogens with zero attached hydrogens (tertiary/aromatic N) is 2. The van der Waals surface area contributed by atoms with Gasteiger partial charge in [-0.2, -0.15) is 0 Å². The molecule has 3 aromatic rings. The molecule has 0 aliphatic carbocycles. The van der Waals surface area contributed by atoms with Crippen LogP contribution in [0.25, 0.3) is 10.9 Å². The van der Waals surface area contributed by atoms with Crippen molar-refractivity contribution in [1.29, 1.82) is 0 Å². The van der Waals surface area contributed by atoms with Crippen molar-refractivity contribution in [2.75, 3.05) is 6.61 Å². The highest BCUT2D eigenvalue weighted by Gasteiger charge is 2.11. The first kappa shape index (κ1) is 18.1. The molecule has 1 unspecified atom stereocenters. The van der Waals surface area contributed by atoms with Crippen LogP contribution >= 0.6 is 11.6 Å². The zero-order valence-electron chi connectivity index (χ0n) is 14.1. The predicted octanol–water partition coefficient (Wildman–Crippen LogP) is 2.69. The number of fused-ring (bicyclic) bond motifs is 1. The molecule has 1 N–H and O–H groups in total. The maximum atomic E-state index is 12.4. The Labute approximate surface area is 154 Å². The van der Waals surface area contributed by atoms with E-state index in [1.165, 1.54) is 17.8 Å². The molecule has 0 aliphatic heterocycles. The molecule has 6 nitrogen and oxygen atoms in total. The lowest BCUT2D eigenvalue weighted by Crippen LogP contribution is -2.30. The van der Waals surface area contributed by atoms with Crippen molar-refractivity contribution >= 4 is 28.3 Å². The van der Waals surface area contributed by atoms with Crippen LogP contribution in [0.1, 0.15) is 17.3 Å². The summed E-state index contributed by atoms with van der Waals surface area (Å²) in [5.74, 6) is 0.508. The highest BCUT2D eigenvalue weighted by Crippen LogP contribution is 2.15. The Morgan fingerprint density at radius 1 is 1.27 bits per heavy atom. The van der Waals surface area contributed by atoms with E-state index >= 15 is 0 Å². The Hall–Kier alpha value is -2.70. The van der Waals surface area contributed by atoms with Gasteiger partial charge in [0.05, 0.1) is 23.8 Å². The molecular formula is C19H17ClN2O4. The summed E-state index contributed by atoms with van der Waals surface area (Å²) in [5, 5.41) is 11.1. The second kappa shape index (κ2) is 7.68. The Bertz CT molecular complexity index is 999. The van der Waals surface area contributed by atoms with Crippen molar-refractivity contribution in [2.24, 2.45) is 0 Å². The molecule has 0 saturated heterocycles. The van der Waals surface area contributed by atoms with E-state index in [2.05, 4.69) is 4.98 Å². The second-order valence-corrected chi connectivity index (χ2v) is 6.35. The SMILES string of the molecule is CC(=O)c1ccc(OCC(O)Cn2cnc3cc(Cl)ccc3c2=O)cc1. The standard InChI is InChI=1S/C19H17ClN2O4/c1-12(23)13-2-5-16(6-3-13)26-10-15(24)9-22-11-21-18-8-14(20)4-7-17(18)19(22)25/h2-8,11,15,24H,9-10H2,1H3. The highest BCUT2D eigenvalue weighted by molar-refractivity contribution is 6.31. The molecule has 0 bridgehead atoms. The van der Waals surface area contributed by atoms with Gasteiger partial charge in [0.1, 0.15) is 18.5 Å². The van der Waals surface area contributed by atoms with E-state index in [1.807, 2.05) is 0 Å². The maximum Gasteiger partial charge on any atom is 0.261 e. The van der Waals surface area contributed by atoms with Gasteiger partial charge in [0.15, 0.2) is 5.78 Å². The van der Waals surface area contributed by atoms with Gasteiger partial charge in [-0.1, -0.05) is 11.6 Å². The fourth-order valence-corrected chi connectivity index (χ4v) is 2.69. The molecule has 0 amide bonds. The number of aliphatic hydroxyl groups excluding tert-OH is 1. The summed E-state index contributed by atoms with van der Waals surface area (Å²) in [6.45, 7) is 1.54. The van der Waals surface area contributed by atoms with Gasteiger partial charge in [-0.05, 0) is 49.4 Å². The largest absolute Gasteiger partial charge is 0.491 e. The minimum absolute atomic E-state index is 0.00448. The monoisotopic (exact) mass is 372 g/mol. The van der Waals surface area contributed by atoms with E-state index < -0.39 is 6.10 Å². The van der Waals surface area contributed by atoms with E-state index in [0.29, 0.717) is 27.2 Å². The summed E-state index contributed by atoms with van der Waals surface area (Å²) < 4.78 is 6.84. The van der Waals surface area contributed by atoms with Crippen LogP contribution < -0.4 is 10.3 Å². The summed E-state index contributed by atoms with van der Waals surface area (Å²) in [6, 6.07) is 11.5. The molecule has 7 heteroatoms. The Kier molecular flexibility index (Phi) is 5.35. The highest BCUT2D eigenvalue weighted by atomic mass is 35.5. The van der Waals surface area contributed by atoms with Gasteiger partial charge in [0, 0.05) is 10.6 Å². The Morgan fingerprint density at radius 3 is 2.69 bits per heavy atom. The van der Waals surface area contributed by atoms with Crippen molar-refractivity contribution < 1.29 is 14.6 Å². The minimum Gasteiger partial charge on any atom is -0.491 e. The molecule has 0 aliphatic rings. The van der Waals surface area contributed by atoms with Gasteiger partial charge in [-0.25, -0.2) is 4.98 Å². The summed E-state index contributed by atoms with van der Waals surface area (Å²) in [6.07, 6.45) is 0.484. The lowest BCUT2D eigenvalue weighted by atomic mass is 10.1. The number of ether oxygens (including phenoxy) is 1. The quantitative estimate of drug-likeness (QED) is 0.673. The molecule has 1 aromatic heterocycles. The van der Waals surface area contributed by atoms with Crippen LogP contribution in [0, 0.1) is 0 Å². The number of hydrogen-bond acceptors (Lipinski definition) is 5. The lowest BCUT2D eigenvalue weighted by Gasteiger charge is -2.14. The number of Topliss-reactive ketones (excluding diaryl/α,β-unsaturated/α-hetero) is 1. The van der Waals surface area contributed by atoms with Crippen molar-refractivity contribution in [3.63, 3.8) is 0 Å². The molecule has 3 rings (SSSR count). The zero-order chi connectivity index (χ0) is 18.7. The van der Waals surface area contributed by atoms with Crippen LogP contribution in [-0.4, -0.2) is 33.2 Å². The average molecular weight is 373 g/mol. The molecule has 1 heterocycles. The van der Waals surface area contributed by atoms with Gasteiger partial charge in [0.25, 0.3) is 5.56 Å². The second-order valence-electron chi connectivity index (χ2n) is 5.91. The zero-order valence-corrected chi connectivity index (χ0v) is 14.8. The van der Waals surface area contributed by atoms with Crippen molar-refractivity contribution in [3.05, 3.63) is 69.7 Å². The smallest absolute Gasteiger partial charge is 0.261 e. The topological polar surface area (TPSA) is 81.4 Å². The first-order valence-electron chi connectivity index (χ1n) is 8.00. The van der Waals surface area contributed by atoms with E-state index in [9.17, 15) is 14.7 Å². The Morgan fingerprint density at radius 2 is 2.00 bits per heavy atom. The Balaban J connectivity index is 1.66. The first-order valence-corrected chi connectivity index (χ1v) is 8.38. The number of ketones is 1. The molecular weight excluding hydrogens is 356 g/mol. The summed E-state index contributed by atoms with van der Waals surface area (Å²) in [4.78, 5) is 27.9. The third kappa shape index (κ3) is 4.09. The van der Waals surface area contributed by atoms with Crippen LogP contribution in [0.4, 0.5) is 0 Å². The molecule has 134 valence electrons. The number of benzene rings is 2. The molecule has 26 heavy (non-hydrogen) atoms. The molecule has 2 aromatic carbocycles. The fourth-order valence-electron chi connectivity index (χ4n) is 2.52. The number of carbonyl (C=O) groups is 1. The molecule has 1 atom stereocenters. The lowest BCUT2D eigenvalue weighted by molar-refractivity contribution is 0.0914. The average Bonchev–Trinajstić information content (AvgIpc) is 2.62. The number of rotatable bonds is 6. The summed E-state index contributed by atoms with van der Waals surface area (Å²) in [5.41, 5.74) is 0.846. The van der Waals surface area contributed by atoms with Crippen molar-refractivity contribution in [3.8, 4) is 5.75 Å². The van der Waals surface area contributed by atoms with E-state index in [-0.39, 0.29) is 24.5 Å². The van der Waals surface area contributed by atoms with E-state index in [1.54, 1.807) is 42.5 Å². The number of aromatic nitrogens is 2. The van der Waals surface area contributed by atoms with Gasteiger partial charge < -0.3 is 9.84 Å². The third-order valence-corrected chi connectivity index (χ3v) is 4.13. The third-order valence-electron chi connectivity index (χ3n) is 3.90. The molecule has 0 radical (unpaired) electrons. The normalized spacial score (nSPS) is 12.1. The summed E-state index contributed by atoms with van der Waals surface area (Å²) in [7, 11) is 0. The summed E-state index contributed by atoms with van der Waals surface area (Å²) >= 11 is 5.90. The number of halogens is 1. The first-order chi connectivity index (χ1) is 12.4. The van der Waals surface area contributed by atoms with Gasteiger partial charge in [0.2, 0.25) is 0 Å². The van der Waals surface area contributed by atoms with Crippen LogP contribution in [0.15, 0.2) is 53.6 Å². The minimum atomic E-state index is -0.897. The van der Waals surface area contributed by atoms with Crippen molar-refractivity contribution in [2.45, 2.75) is 19.6 Å². The van der Waals surface area contributed by atoms with Crippen LogP contribution in [-0.2, 0) is 6.54 Å². The van der Waals surface area contributed by atoms with Crippen molar-refractivity contribution in [1.82, 2.24) is 9.55 Å². The fraction of sp³-hybridized carbons (Fsp3) is 0.211. The van der Waals surface area contributed by atoms with E-state index in [0.717, 1.165) is 0 Å². The number of aliphatic hydroxyl groups is 1. The van der Waals surface area contributed by atoms with Gasteiger partial charge in [-0.3, -0.25) is 14.2 Å². The molecule has 0 saturated carbocycles. The molecule has 0 fully saturated rings. The van der Waals surface area contributed by atoms with Crippen LogP contribution in [0.5, 0.6) is 5.75 Å². The van der Waals surface area contributed by atoms with Gasteiger partial charge >= 0.3 is 0 Å². The predicted molar refractivity (Wildman–Crippen MR) is 99.0 cm³/mol. The molecule has 0 spiro atoms. The maximum absolute atomic E-state index is 12.4. The van der Waals surface area contributed by atoms with Gasteiger partial charge in [-0.15, -0.1) is 0 Å². The van der Waals surface area contributed by atoms with Crippen LogP contribution in [0.2, 0.25) is 5.02 Å². The van der Waals surface area contributed by atoms with Crippen LogP contribution in [0.3, 0.4) is 0 Å². The number of carbonyl (C=O) groups excluding carboxylic acids is 1. The number of hydrogen-bond donors (Lipinski definition) is 1. The van der Waals surface area contributed by atoms with E-state index in [4.69, 9.17) is 16.3 Å².